The van der Waals surface area contributed by atoms with E-state index in [1.165, 1.54) is 0 Å². The molecule has 0 bridgehead atoms. The van der Waals surface area contributed by atoms with Crippen LogP contribution < -0.4 is 5.32 Å². The molecule has 0 aromatic heterocycles. The van der Waals surface area contributed by atoms with E-state index < -0.39 is 10.7 Å². The minimum absolute atomic E-state index is 0.0558. The highest BCUT2D eigenvalue weighted by molar-refractivity contribution is 7.72. The molecule has 0 aliphatic heterocycles. The van der Waals surface area contributed by atoms with Gasteiger partial charge in [0.2, 0.25) is 0 Å². The Morgan fingerprint density at radius 2 is 1.67 bits per heavy atom. The van der Waals surface area contributed by atoms with Gasteiger partial charge in [-0.3, -0.25) is 0 Å². The highest BCUT2D eigenvalue weighted by atomic mass is 32.2. The minimum Gasteiger partial charge on any atom is -0.371 e. The molecule has 0 saturated carbocycles. The summed E-state index contributed by atoms with van der Waals surface area (Å²) in [4.78, 5) is 0. The average Bonchev–Trinajstić information content (AvgIpc) is 2.38. The van der Waals surface area contributed by atoms with Crippen molar-refractivity contribution >= 4 is 16.4 Å². The van der Waals surface area contributed by atoms with E-state index in [-0.39, 0.29) is 5.88 Å². The third kappa shape index (κ3) is 3.11. The van der Waals surface area contributed by atoms with Gasteiger partial charge in [0.05, 0.1) is 0 Å². The summed E-state index contributed by atoms with van der Waals surface area (Å²) in [5.74, 6) is -0.0558. The molecule has 2 aromatic rings. The number of hydrogen-bond donors (Lipinski definition) is 2. The van der Waals surface area contributed by atoms with Crippen LogP contribution in [0.1, 0.15) is 5.56 Å². The first-order valence-corrected chi connectivity index (χ1v) is 6.90. The molecule has 0 aliphatic rings. The smallest absolute Gasteiger partial charge is 0.158 e. The van der Waals surface area contributed by atoms with E-state index in [0.29, 0.717) is 0 Å². The molecular formula is C14H14NO2S. The summed E-state index contributed by atoms with van der Waals surface area (Å²) in [6.45, 7) is 3.84. The molecular weight excluding hydrogens is 246 g/mol. The van der Waals surface area contributed by atoms with Crippen LogP contribution in [0.3, 0.4) is 0 Å². The molecule has 0 aliphatic carbocycles. The van der Waals surface area contributed by atoms with Crippen LogP contribution in [-0.2, 0) is 10.7 Å². The Kier molecular flexibility index (Phi) is 3.99. The predicted octanol–water partition coefficient (Wildman–Crippen LogP) is 2.52. The fourth-order valence-corrected chi connectivity index (χ4v) is 2.02. The first-order valence-electron chi connectivity index (χ1n) is 5.54. The molecule has 93 valence electrons. The van der Waals surface area contributed by atoms with E-state index in [9.17, 15) is 8.42 Å². The van der Waals surface area contributed by atoms with Crippen molar-refractivity contribution in [2.45, 2.75) is 0 Å². The van der Waals surface area contributed by atoms with Crippen LogP contribution in [0.15, 0.2) is 48.5 Å². The van der Waals surface area contributed by atoms with Gasteiger partial charge >= 0.3 is 0 Å². The van der Waals surface area contributed by atoms with Crippen molar-refractivity contribution in [2.75, 3.05) is 11.2 Å². The Morgan fingerprint density at radius 1 is 1.00 bits per heavy atom. The van der Waals surface area contributed by atoms with Crippen molar-refractivity contribution in [1.82, 2.24) is 0 Å². The number of nitrogens with one attached hydrogen (secondary N) is 1. The van der Waals surface area contributed by atoms with Gasteiger partial charge in [-0.15, -0.1) is 0 Å². The molecule has 18 heavy (non-hydrogen) atoms. The molecule has 1 N–H and O–H groups in total. The lowest BCUT2D eigenvalue weighted by atomic mass is 10.0. The first kappa shape index (κ1) is 12.6. The van der Waals surface area contributed by atoms with Crippen LogP contribution in [0.2, 0.25) is 0 Å². The number of thiol groups is 1. The molecule has 0 atom stereocenters. The summed E-state index contributed by atoms with van der Waals surface area (Å²) in [5.41, 5.74) is 3.78. The van der Waals surface area contributed by atoms with Gasteiger partial charge in [-0.25, -0.2) is 8.42 Å². The van der Waals surface area contributed by atoms with E-state index in [1.54, 1.807) is 0 Å². The van der Waals surface area contributed by atoms with E-state index in [0.717, 1.165) is 22.4 Å². The highest BCUT2D eigenvalue weighted by Crippen LogP contribution is 2.27. The lowest BCUT2D eigenvalue weighted by Gasteiger charge is -2.10. The van der Waals surface area contributed by atoms with Crippen molar-refractivity contribution < 1.29 is 8.42 Å². The third-order valence-corrected chi connectivity index (χ3v) is 3.01. The Morgan fingerprint density at radius 3 is 2.33 bits per heavy atom. The van der Waals surface area contributed by atoms with Crippen molar-refractivity contribution in [3.05, 3.63) is 61.0 Å². The summed E-state index contributed by atoms with van der Waals surface area (Å²) < 4.78 is 21.3. The molecule has 1 radical (unpaired) electrons. The van der Waals surface area contributed by atoms with E-state index in [2.05, 4.69) is 12.2 Å². The normalized spacial score (nSPS) is 10.6. The van der Waals surface area contributed by atoms with Gasteiger partial charge in [0.15, 0.2) is 10.7 Å². The maximum atomic E-state index is 10.6. The van der Waals surface area contributed by atoms with Crippen molar-refractivity contribution in [1.29, 1.82) is 0 Å². The van der Waals surface area contributed by atoms with E-state index in [1.807, 2.05) is 48.5 Å². The molecule has 0 spiro atoms. The Bertz CT molecular complexity index is 595. The Hall–Kier alpha value is -1.81. The van der Waals surface area contributed by atoms with Crippen LogP contribution in [-0.4, -0.2) is 14.3 Å². The Balaban J connectivity index is 2.34. The van der Waals surface area contributed by atoms with Crippen molar-refractivity contribution in [3.63, 3.8) is 0 Å². The monoisotopic (exact) mass is 260 g/mol. The lowest BCUT2D eigenvalue weighted by molar-refractivity contribution is 0.616. The fraction of sp³-hybridized carbons (Fsp3) is 0.0714. The summed E-state index contributed by atoms with van der Waals surface area (Å²) >= 11 is 0. The molecule has 0 saturated heterocycles. The lowest BCUT2D eigenvalue weighted by Crippen LogP contribution is -2.03. The summed E-state index contributed by atoms with van der Waals surface area (Å²) in [5, 5.41) is 2.91. The minimum atomic E-state index is -2.43. The number of hydrogen-bond acceptors (Lipinski definition) is 3. The average molecular weight is 260 g/mol. The molecule has 4 heteroatoms. The van der Waals surface area contributed by atoms with Crippen molar-refractivity contribution in [3.8, 4) is 11.1 Å². The molecule has 0 unspecified atom stereocenters. The first-order chi connectivity index (χ1) is 8.66. The van der Waals surface area contributed by atoms with Crippen LogP contribution in [0.4, 0.5) is 5.69 Å². The number of anilines is 1. The maximum Gasteiger partial charge on any atom is 0.158 e. The fourth-order valence-electron chi connectivity index (χ4n) is 1.72. The van der Waals surface area contributed by atoms with Gasteiger partial charge in [-0.2, -0.15) is 0 Å². The van der Waals surface area contributed by atoms with Crippen LogP contribution >= 0.6 is 0 Å². The topological polar surface area (TPSA) is 46.2 Å². The number of benzene rings is 2. The second kappa shape index (κ2) is 5.69. The number of para-hydroxylation sites is 1. The second-order valence-electron chi connectivity index (χ2n) is 3.91. The Labute approximate surface area is 108 Å². The van der Waals surface area contributed by atoms with Gasteiger partial charge in [0.25, 0.3) is 0 Å². The van der Waals surface area contributed by atoms with Gasteiger partial charge < -0.3 is 5.32 Å². The molecule has 2 aromatic carbocycles. The predicted molar refractivity (Wildman–Crippen MR) is 75.1 cm³/mol. The number of rotatable bonds is 4. The summed E-state index contributed by atoms with van der Waals surface area (Å²) in [7, 11) is -2.43. The van der Waals surface area contributed by atoms with Crippen molar-refractivity contribution in [2.24, 2.45) is 0 Å². The molecule has 2 rings (SSSR count). The molecule has 0 amide bonds. The maximum absolute atomic E-state index is 10.6. The van der Waals surface area contributed by atoms with Gasteiger partial charge in [-0.05, 0) is 24.1 Å². The SMILES string of the molecule is [CH2]c1ccc(-c2ccccc2NC[SH](=O)=O)cc1. The highest BCUT2D eigenvalue weighted by Gasteiger charge is 2.03. The quantitative estimate of drug-likeness (QED) is 0.830. The third-order valence-electron chi connectivity index (χ3n) is 2.59. The zero-order chi connectivity index (χ0) is 13.0. The van der Waals surface area contributed by atoms with Crippen LogP contribution in [0.25, 0.3) is 11.1 Å². The second-order valence-corrected chi connectivity index (χ2v) is 4.89. The van der Waals surface area contributed by atoms with Crippen LogP contribution in [0, 0.1) is 6.92 Å². The molecule has 0 fully saturated rings. The van der Waals surface area contributed by atoms with Crippen LogP contribution in [0.5, 0.6) is 0 Å². The summed E-state index contributed by atoms with van der Waals surface area (Å²) in [6, 6.07) is 15.4. The van der Waals surface area contributed by atoms with E-state index >= 15 is 0 Å². The largest absolute Gasteiger partial charge is 0.371 e. The van der Waals surface area contributed by atoms with Gasteiger partial charge in [0, 0.05) is 11.3 Å². The molecule has 3 nitrogen and oxygen atoms in total. The summed E-state index contributed by atoms with van der Waals surface area (Å²) in [6.07, 6.45) is 0. The molecule has 0 heterocycles. The standard InChI is InChI=1S/C14H14NO2S/c1-11-6-8-12(9-7-11)13-4-2-3-5-14(13)15-10-18(16)17/h2-9,15,18H,1,10H2. The zero-order valence-electron chi connectivity index (χ0n) is 9.80. The van der Waals surface area contributed by atoms with Gasteiger partial charge in [-0.1, -0.05) is 42.5 Å². The zero-order valence-corrected chi connectivity index (χ0v) is 10.7. The van der Waals surface area contributed by atoms with Gasteiger partial charge in [0.1, 0.15) is 5.88 Å². The van der Waals surface area contributed by atoms with E-state index in [4.69, 9.17) is 0 Å².